The first-order valence-corrected chi connectivity index (χ1v) is 4.70. The number of aromatic amines is 1. The molecule has 0 aliphatic rings. The lowest BCUT2D eigenvalue weighted by molar-refractivity contribution is -0.124. The quantitative estimate of drug-likeness (QED) is 0.778. The molecule has 16 heavy (non-hydrogen) atoms. The van der Waals surface area contributed by atoms with Gasteiger partial charge in [0.15, 0.2) is 11.5 Å². The van der Waals surface area contributed by atoms with Crippen LogP contribution in [0, 0.1) is 0 Å². The molecule has 0 saturated carbocycles. The molecule has 0 aromatic carbocycles. The van der Waals surface area contributed by atoms with E-state index >= 15 is 0 Å². The van der Waals surface area contributed by atoms with E-state index in [4.69, 9.17) is 4.74 Å². The van der Waals surface area contributed by atoms with Gasteiger partial charge in [0.25, 0.3) is 5.91 Å². The van der Waals surface area contributed by atoms with Gasteiger partial charge in [0.2, 0.25) is 0 Å². The van der Waals surface area contributed by atoms with Crippen LogP contribution >= 0.6 is 0 Å². The Bertz CT molecular complexity index is 509. The van der Waals surface area contributed by atoms with Gasteiger partial charge < -0.3 is 15.0 Å². The topological polar surface area (TPSA) is 92.8 Å². The number of methoxy groups -OCH3 is 1. The molecule has 2 aromatic rings. The lowest BCUT2D eigenvalue weighted by Gasteiger charge is -2.09. The average molecular weight is 221 g/mol. The molecule has 0 bridgehead atoms. The number of ether oxygens (including phenoxy) is 1. The number of nitrogens with zero attached hydrogens (tertiary/aromatic N) is 3. The van der Waals surface area contributed by atoms with Gasteiger partial charge >= 0.3 is 0 Å². The number of imidazole rings is 1. The highest BCUT2D eigenvalue weighted by atomic mass is 16.5. The van der Waals surface area contributed by atoms with Crippen LogP contribution < -0.4 is 5.32 Å². The first kappa shape index (κ1) is 10.5. The van der Waals surface area contributed by atoms with Crippen molar-refractivity contribution in [3.63, 3.8) is 0 Å². The van der Waals surface area contributed by atoms with Gasteiger partial charge in [0.1, 0.15) is 17.9 Å². The van der Waals surface area contributed by atoms with Crippen molar-refractivity contribution in [2.75, 3.05) is 12.4 Å². The van der Waals surface area contributed by atoms with Crippen LogP contribution in [0.25, 0.3) is 11.2 Å². The van der Waals surface area contributed by atoms with Crippen LogP contribution in [0.3, 0.4) is 0 Å². The largest absolute Gasteiger partial charge is 0.372 e. The molecule has 2 heterocycles. The minimum Gasteiger partial charge on any atom is -0.372 e. The molecular formula is C9H11N5O2. The number of anilines is 1. The maximum atomic E-state index is 11.6. The number of amides is 1. The molecule has 7 nitrogen and oxygen atoms in total. The molecule has 1 atom stereocenters. The van der Waals surface area contributed by atoms with Crippen molar-refractivity contribution >= 4 is 22.9 Å². The molecule has 0 spiro atoms. The molecule has 0 aliphatic heterocycles. The van der Waals surface area contributed by atoms with Crippen molar-refractivity contribution in [3.05, 3.63) is 12.7 Å². The van der Waals surface area contributed by atoms with Gasteiger partial charge in [-0.25, -0.2) is 15.0 Å². The molecule has 0 radical (unpaired) electrons. The highest BCUT2D eigenvalue weighted by Gasteiger charge is 2.14. The number of rotatable bonds is 3. The van der Waals surface area contributed by atoms with E-state index in [1.165, 1.54) is 19.8 Å². The zero-order chi connectivity index (χ0) is 11.5. The average Bonchev–Trinajstić information content (AvgIpc) is 2.77. The Morgan fingerprint density at radius 3 is 3.06 bits per heavy atom. The lowest BCUT2D eigenvalue weighted by atomic mass is 10.3. The van der Waals surface area contributed by atoms with Gasteiger partial charge in [-0.05, 0) is 6.92 Å². The van der Waals surface area contributed by atoms with Crippen molar-refractivity contribution in [1.29, 1.82) is 0 Å². The molecule has 0 saturated heterocycles. The maximum Gasteiger partial charge on any atom is 0.254 e. The van der Waals surface area contributed by atoms with E-state index < -0.39 is 6.10 Å². The summed E-state index contributed by atoms with van der Waals surface area (Å²) in [6, 6.07) is 0. The number of nitrogens with one attached hydrogen (secondary N) is 2. The Hall–Kier alpha value is -2.02. The third-order valence-corrected chi connectivity index (χ3v) is 2.19. The normalized spacial score (nSPS) is 12.6. The van der Waals surface area contributed by atoms with Gasteiger partial charge in [0, 0.05) is 7.11 Å². The van der Waals surface area contributed by atoms with Crippen LogP contribution in [0.15, 0.2) is 12.7 Å². The number of H-pyrrole nitrogens is 1. The second-order valence-corrected chi connectivity index (χ2v) is 3.19. The minimum atomic E-state index is -0.534. The predicted octanol–water partition coefficient (Wildman–Crippen LogP) is 0.326. The summed E-state index contributed by atoms with van der Waals surface area (Å²) in [5.74, 6) is 0.133. The summed E-state index contributed by atoms with van der Waals surface area (Å²) >= 11 is 0. The molecule has 0 fully saturated rings. The molecule has 2 rings (SSSR count). The summed E-state index contributed by atoms with van der Waals surface area (Å²) in [6.45, 7) is 1.65. The van der Waals surface area contributed by atoms with Crippen LogP contribution in [-0.4, -0.2) is 39.1 Å². The van der Waals surface area contributed by atoms with Crippen molar-refractivity contribution < 1.29 is 9.53 Å². The van der Waals surface area contributed by atoms with E-state index in [1.807, 2.05) is 0 Å². The van der Waals surface area contributed by atoms with Gasteiger partial charge in [0.05, 0.1) is 6.33 Å². The Labute approximate surface area is 91.3 Å². The van der Waals surface area contributed by atoms with E-state index in [2.05, 4.69) is 25.3 Å². The maximum absolute atomic E-state index is 11.6. The molecule has 84 valence electrons. The number of fused-ring (bicyclic) bond motifs is 1. The Kier molecular flexibility index (Phi) is 2.78. The monoisotopic (exact) mass is 221 g/mol. The fraction of sp³-hybridized carbons (Fsp3) is 0.333. The fourth-order valence-corrected chi connectivity index (χ4v) is 1.19. The van der Waals surface area contributed by atoms with Gasteiger partial charge in [-0.15, -0.1) is 0 Å². The Morgan fingerprint density at radius 2 is 2.31 bits per heavy atom. The third-order valence-electron chi connectivity index (χ3n) is 2.19. The number of carbonyl (C=O) groups excluding carboxylic acids is 1. The number of aromatic nitrogens is 4. The van der Waals surface area contributed by atoms with Crippen molar-refractivity contribution in [2.24, 2.45) is 0 Å². The zero-order valence-electron chi connectivity index (χ0n) is 8.89. The summed E-state index contributed by atoms with van der Waals surface area (Å²) < 4.78 is 4.90. The Balaban J connectivity index is 2.27. The van der Waals surface area contributed by atoms with Crippen LogP contribution in [0.5, 0.6) is 0 Å². The standard InChI is InChI=1S/C9H11N5O2/c1-5(16-2)9(15)14-8-6-7(11-3-10-6)12-4-13-8/h3-5H,1-2H3,(H2,10,11,12,13,14,15). The fourth-order valence-electron chi connectivity index (χ4n) is 1.19. The van der Waals surface area contributed by atoms with Gasteiger partial charge in [-0.1, -0.05) is 0 Å². The van der Waals surface area contributed by atoms with Crippen LogP contribution in [0.2, 0.25) is 0 Å². The van der Waals surface area contributed by atoms with E-state index in [0.717, 1.165) is 0 Å². The summed E-state index contributed by atoms with van der Waals surface area (Å²) in [6.07, 6.45) is 2.30. The minimum absolute atomic E-state index is 0.267. The molecule has 2 aromatic heterocycles. The van der Waals surface area contributed by atoms with Crippen molar-refractivity contribution in [2.45, 2.75) is 13.0 Å². The second-order valence-electron chi connectivity index (χ2n) is 3.19. The van der Waals surface area contributed by atoms with Crippen molar-refractivity contribution in [3.8, 4) is 0 Å². The Morgan fingerprint density at radius 1 is 1.50 bits per heavy atom. The van der Waals surface area contributed by atoms with Crippen LogP contribution in [-0.2, 0) is 9.53 Å². The predicted molar refractivity (Wildman–Crippen MR) is 56.8 cm³/mol. The lowest BCUT2D eigenvalue weighted by Crippen LogP contribution is -2.27. The van der Waals surface area contributed by atoms with Crippen LogP contribution in [0.4, 0.5) is 5.82 Å². The highest BCUT2D eigenvalue weighted by molar-refractivity contribution is 5.98. The molecule has 7 heteroatoms. The smallest absolute Gasteiger partial charge is 0.254 e. The molecule has 1 unspecified atom stereocenters. The summed E-state index contributed by atoms with van der Waals surface area (Å²) in [4.78, 5) is 26.3. The first-order chi connectivity index (χ1) is 7.72. The molecule has 2 N–H and O–H groups in total. The summed E-state index contributed by atoms with van der Waals surface area (Å²) in [7, 11) is 1.47. The second kappa shape index (κ2) is 4.23. The summed E-state index contributed by atoms with van der Waals surface area (Å²) in [5.41, 5.74) is 1.11. The molecule has 0 aliphatic carbocycles. The highest BCUT2D eigenvalue weighted by Crippen LogP contribution is 2.14. The van der Waals surface area contributed by atoms with E-state index in [0.29, 0.717) is 17.0 Å². The third kappa shape index (κ3) is 1.84. The molecule has 1 amide bonds. The van der Waals surface area contributed by atoms with E-state index in [1.54, 1.807) is 6.92 Å². The van der Waals surface area contributed by atoms with Crippen LogP contribution in [0.1, 0.15) is 6.92 Å². The number of hydrogen-bond acceptors (Lipinski definition) is 5. The number of hydrogen-bond donors (Lipinski definition) is 2. The number of carbonyl (C=O) groups is 1. The zero-order valence-corrected chi connectivity index (χ0v) is 8.89. The van der Waals surface area contributed by atoms with Gasteiger partial charge in [-0.2, -0.15) is 0 Å². The van der Waals surface area contributed by atoms with E-state index in [9.17, 15) is 4.79 Å². The van der Waals surface area contributed by atoms with Gasteiger partial charge in [-0.3, -0.25) is 4.79 Å². The summed E-state index contributed by atoms with van der Waals surface area (Å²) in [5, 5.41) is 2.64. The SMILES string of the molecule is COC(C)C(=O)Nc1ncnc2nc[nH]c12. The van der Waals surface area contributed by atoms with E-state index in [-0.39, 0.29) is 5.91 Å². The molecular weight excluding hydrogens is 210 g/mol. The van der Waals surface area contributed by atoms with Crippen molar-refractivity contribution in [1.82, 2.24) is 19.9 Å². The first-order valence-electron chi connectivity index (χ1n) is 4.70.